The quantitative estimate of drug-likeness (QED) is 0.472. The largest absolute Gasteiger partial charge is 0.349 e. The fraction of sp³-hybridized carbons (Fsp3) is 0.679. The van der Waals surface area contributed by atoms with E-state index in [-0.39, 0.29) is 17.9 Å². The number of aromatic nitrogens is 3. The summed E-state index contributed by atoms with van der Waals surface area (Å²) >= 11 is 0. The molecule has 0 radical (unpaired) electrons. The Bertz CT molecular complexity index is 920. The lowest BCUT2D eigenvalue weighted by atomic mass is 9.84. The maximum atomic E-state index is 12.8. The van der Waals surface area contributed by atoms with Crippen molar-refractivity contribution in [3.63, 3.8) is 0 Å². The first-order chi connectivity index (χ1) is 16.5. The Morgan fingerprint density at radius 1 is 1.12 bits per heavy atom. The van der Waals surface area contributed by atoms with Gasteiger partial charge < -0.3 is 14.8 Å². The van der Waals surface area contributed by atoms with Crippen LogP contribution < -0.4 is 5.32 Å². The minimum atomic E-state index is 0.0881. The van der Waals surface area contributed by atoms with Gasteiger partial charge in [0.15, 0.2) is 0 Å². The summed E-state index contributed by atoms with van der Waals surface area (Å²) in [4.78, 5) is 15.4. The molecule has 3 atom stereocenters. The number of nitrogens with one attached hydrogen (secondary N) is 1. The van der Waals surface area contributed by atoms with E-state index in [0.29, 0.717) is 18.0 Å². The van der Waals surface area contributed by atoms with Crippen molar-refractivity contribution in [2.45, 2.75) is 103 Å². The van der Waals surface area contributed by atoms with E-state index >= 15 is 0 Å². The number of likely N-dealkylation sites (tertiary alicyclic amines) is 1. The lowest BCUT2D eigenvalue weighted by Crippen LogP contribution is -2.39. The topological polar surface area (TPSA) is 63.1 Å². The Labute approximate surface area is 205 Å². The first kappa shape index (κ1) is 24.9. The number of hydrogen-bond acceptors (Lipinski definition) is 4. The van der Waals surface area contributed by atoms with Crippen molar-refractivity contribution >= 4 is 5.91 Å². The normalized spacial score (nSPS) is 20.9. The minimum absolute atomic E-state index is 0.0881. The van der Waals surface area contributed by atoms with E-state index in [1.165, 1.54) is 24.8 Å². The first-order valence-electron chi connectivity index (χ1n) is 13.5. The highest BCUT2D eigenvalue weighted by atomic mass is 16.2. The predicted octanol–water partition coefficient (Wildman–Crippen LogP) is 5.56. The summed E-state index contributed by atoms with van der Waals surface area (Å²) in [6.07, 6.45) is 8.96. The summed E-state index contributed by atoms with van der Waals surface area (Å²) in [6, 6.07) is 11.6. The molecular weight excluding hydrogens is 422 g/mol. The number of nitrogens with zero attached hydrogens (tertiary/aromatic N) is 4. The third kappa shape index (κ3) is 5.70. The van der Waals surface area contributed by atoms with Gasteiger partial charge in [0.2, 0.25) is 5.91 Å². The molecule has 34 heavy (non-hydrogen) atoms. The Kier molecular flexibility index (Phi) is 8.41. The van der Waals surface area contributed by atoms with Gasteiger partial charge in [0, 0.05) is 30.5 Å². The first-order valence-corrected chi connectivity index (χ1v) is 13.5. The molecule has 1 aromatic heterocycles. The van der Waals surface area contributed by atoms with Crippen LogP contribution in [-0.4, -0.2) is 44.7 Å². The SMILES string of the molecule is CCC(CC1CCCN1CC[C@H](NC(=O)C1CCC1)c1ccccc1)n1c(C)nnc1C(C)C. The van der Waals surface area contributed by atoms with Crippen LogP contribution in [0.25, 0.3) is 0 Å². The molecule has 1 N–H and O–H groups in total. The van der Waals surface area contributed by atoms with Crippen LogP contribution in [0.5, 0.6) is 0 Å². The van der Waals surface area contributed by atoms with Gasteiger partial charge in [-0.05, 0) is 64.0 Å². The summed E-state index contributed by atoms with van der Waals surface area (Å²) in [5.41, 5.74) is 1.22. The average Bonchev–Trinajstić information content (AvgIpc) is 3.40. The number of benzene rings is 1. The van der Waals surface area contributed by atoms with Crippen LogP contribution in [0.4, 0.5) is 0 Å². The van der Waals surface area contributed by atoms with E-state index in [1.807, 2.05) is 6.07 Å². The molecule has 1 saturated heterocycles. The summed E-state index contributed by atoms with van der Waals surface area (Å²) in [5.74, 6) is 2.98. The molecule has 2 heterocycles. The fourth-order valence-corrected chi connectivity index (χ4v) is 5.72. The highest BCUT2D eigenvalue weighted by Gasteiger charge is 2.31. The van der Waals surface area contributed by atoms with Crippen molar-refractivity contribution in [2.24, 2.45) is 5.92 Å². The molecule has 2 aliphatic rings. The molecule has 6 nitrogen and oxygen atoms in total. The zero-order valence-electron chi connectivity index (χ0n) is 21.5. The smallest absolute Gasteiger partial charge is 0.223 e. The molecule has 186 valence electrons. The van der Waals surface area contributed by atoms with Crippen molar-refractivity contribution in [2.75, 3.05) is 13.1 Å². The van der Waals surface area contributed by atoms with Crippen molar-refractivity contribution in [1.82, 2.24) is 25.0 Å². The lowest BCUT2D eigenvalue weighted by molar-refractivity contribution is -0.128. The number of rotatable bonds is 11. The summed E-state index contributed by atoms with van der Waals surface area (Å²) in [6.45, 7) is 11.0. The molecule has 1 aromatic carbocycles. The minimum Gasteiger partial charge on any atom is -0.349 e. The van der Waals surface area contributed by atoms with Gasteiger partial charge in [-0.2, -0.15) is 0 Å². The van der Waals surface area contributed by atoms with E-state index in [2.05, 4.69) is 76.9 Å². The highest BCUT2D eigenvalue weighted by Crippen LogP contribution is 2.32. The van der Waals surface area contributed by atoms with Crippen LogP contribution in [0, 0.1) is 12.8 Å². The number of carbonyl (C=O) groups excluding carboxylic acids is 1. The zero-order chi connectivity index (χ0) is 24.1. The molecule has 0 spiro atoms. The highest BCUT2D eigenvalue weighted by molar-refractivity contribution is 5.79. The molecule has 2 unspecified atom stereocenters. The van der Waals surface area contributed by atoms with Crippen LogP contribution in [-0.2, 0) is 4.79 Å². The van der Waals surface area contributed by atoms with Crippen molar-refractivity contribution < 1.29 is 4.79 Å². The zero-order valence-corrected chi connectivity index (χ0v) is 21.5. The summed E-state index contributed by atoms with van der Waals surface area (Å²) in [5, 5.41) is 12.3. The molecule has 2 aromatic rings. The molecular formula is C28H43N5O. The Hall–Kier alpha value is -2.21. The molecule has 1 aliphatic heterocycles. The Morgan fingerprint density at radius 2 is 1.88 bits per heavy atom. The molecule has 0 bridgehead atoms. The summed E-state index contributed by atoms with van der Waals surface area (Å²) in [7, 11) is 0. The number of aryl methyl sites for hydroxylation is 1. The maximum absolute atomic E-state index is 12.8. The van der Waals surface area contributed by atoms with Crippen molar-refractivity contribution in [3.05, 3.63) is 47.5 Å². The molecule has 1 aliphatic carbocycles. The summed E-state index contributed by atoms with van der Waals surface area (Å²) < 4.78 is 2.40. The van der Waals surface area contributed by atoms with Gasteiger partial charge in [0.05, 0.1) is 6.04 Å². The third-order valence-corrected chi connectivity index (χ3v) is 7.99. The Morgan fingerprint density at radius 3 is 2.53 bits per heavy atom. The maximum Gasteiger partial charge on any atom is 0.223 e. The van der Waals surface area contributed by atoms with Gasteiger partial charge >= 0.3 is 0 Å². The second-order valence-electron chi connectivity index (χ2n) is 10.6. The standard InChI is InChI=1S/C28H43N5O/c1-5-24(33-21(4)30-31-27(33)20(2)3)19-25-15-10-17-32(25)18-16-26(22-11-7-6-8-12-22)29-28(34)23-13-9-14-23/h6-8,11-12,20,23-26H,5,9-10,13-19H2,1-4H3,(H,29,34)/t24?,25?,26-/m0/s1. The van der Waals surface area contributed by atoms with Gasteiger partial charge in [-0.25, -0.2) is 0 Å². The number of carbonyl (C=O) groups is 1. The van der Waals surface area contributed by atoms with Crippen LogP contribution in [0.1, 0.15) is 107 Å². The number of hydrogen-bond donors (Lipinski definition) is 1. The van der Waals surface area contributed by atoms with Crippen LogP contribution in [0.2, 0.25) is 0 Å². The van der Waals surface area contributed by atoms with E-state index in [4.69, 9.17) is 0 Å². The second kappa shape index (κ2) is 11.5. The molecule has 1 amide bonds. The van der Waals surface area contributed by atoms with E-state index in [1.54, 1.807) is 0 Å². The average molecular weight is 466 g/mol. The molecule has 2 fully saturated rings. The lowest BCUT2D eigenvalue weighted by Gasteiger charge is -2.32. The van der Waals surface area contributed by atoms with Crippen LogP contribution in [0.3, 0.4) is 0 Å². The fourth-order valence-electron chi connectivity index (χ4n) is 5.72. The van der Waals surface area contributed by atoms with Crippen LogP contribution in [0.15, 0.2) is 30.3 Å². The van der Waals surface area contributed by atoms with Gasteiger partial charge in [0.25, 0.3) is 0 Å². The van der Waals surface area contributed by atoms with Gasteiger partial charge in [-0.15, -0.1) is 10.2 Å². The molecule has 4 rings (SSSR count). The van der Waals surface area contributed by atoms with Gasteiger partial charge in [0.1, 0.15) is 11.6 Å². The number of amides is 1. The predicted molar refractivity (Wildman–Crippen MR) is 137 cm³/mol. The molecule has 1 saturated carbocycles. The van der Waals surface area contributed by atoms with Crippen molar-refractivity contribution in [1.29, 1.82) is 0 Å². The van der Waals surface area contributed by atoms with Crippen LogP contribution >= 0.6 is 0 Å². The van der Waals surface area contributed by atoms with E-state index < -0.39 is 0 Å². The monoisotopic (exact) mass is 465 g/mol. The second-order valence-corrected chi connectivity index (χ2v) is 10.6. The van der Waals surface area contributed by atoms with E-state index in [9.17, 15) is 4.79 Å². The Balaban J connectivity index is 1.41. The van der Waals surface area contributed by atoms with Gasteiger partial charge in [-0.3, -0.25) is 4.79 Å². The molecule has 6 heteroatoms. The van der Waals surface area contributed by atoms with Gasteiger partial charge in [-0.1, -0.05) is 57.5 Å². The van der Waals surface area contributed by atoms with E-state index in [0.717, 1.165) is 56.8 Å². The van der Waals surface area contributed by atoms with Crippen molar-refractivity contribution in [3.8, 4) is 0 Å². The third-order valence-electron chi connectivity index (χ3n) is 7.99.